The zero-order chi connectivity index (χ0) is 80.0. The number of rotatable bonds is 21. The van der Waals surface area contributed by atoms with Gasteiger partial charge in [-0.1, -0.05) is 220 Å². The predicted molar refractivity (Wildman–Crippen MR) is 447 cm³/mol. The maximum absolute atomic E-state index is 12.9. The summed E-state index contributed by atoms with van der Waals surface area (Å²) < 4.78 is 25.4. The molecule has 3 aliphatic rings. The monoisotopic (exact) mass is 1730 g/mol. The summed E-state index contributed by atoms with van der Waals surface area (Å²) in [5.41, 5.74) is 7.20. The van der Waals surface area contributed by atoms with Gasteiger partial charge in [0.2, 0.25) is 0 Å². The Bertz CT molecular complexity index is 4630. The van der Waals surface area contributed by atoms with Crippen LogP contribution in [0.2, 0.25) is 30.1 Å². The van der Waals surface area contributed by atoms with E-state index in [-0.39, 0.29) is 75.8 Å². The smallest absolute Gasteiger partial charge is 0.870 e. The number of nitrogens with zero attached hydrogens (tertiary/aromatic N) is 8. The van der Waals surface area contributed by atoms with Gasteiger partial charge in [-0.15, -0.1) is 34.0 Å². The van der Waals surface area contributed by atoms with Crippen LogP contribution < -0.4 is 38.9 Å². The number of hydrogen-bond donors (Lipinski definition) is 2. The van der Waals surface area contributed by atoms with Crippen LogP contribution in [-0.2, 0) is 77.2 Å². The molecule has 3 aliphatic heterocycles. The normalized spacial score (nSPS) is 15.2. The summed E-state index contributed by atoms with van der Waals surface area (Å²) in [4.78, 5) is 99.5. The van der Waals surface area contributed by atoms with E-state index in [9.17, 15) is 33.9 Å². The Morgan fingerprint density at radius 3 is 1.12 bits per heavy atom. The molecule has 3 atom stereocenters. The van der Waals surface area contributed by atoms with E-state index < -0.39 is 41.6 Å². The molecule has 6 heterocycles. The number of hydrogen-bond acceptors (Lipinski definition) is 22. The van der Waals surface area contributed by atoms with Crippen molar-refractivity contribution in [1.29, 1.82) is 0 Å². The van der Waals surface area contributed by atoms with Crippen LogP contribution in [-0.4, -0.2) is 162 Å². The molecular weight excluding hydrogens is 1650 g/mol. The molecule has 22 nitrogen and oxygen atoms in total. The van der Waals surface area contributed by atoms with E-state index in [1.165, 1.54) is 28.9 Å². The van der Waals surface area contributed by atoms with Crippen LogP contribution in [0.25, 0.3) is 33.8 Å². The van der Waals surface area contributed by atoms with Gasteiger partial charge < -0.3 is 54.3 Å². The number of aliphatic carboxylic acids is 1. The van der Waals surface area contributed by atoms with Gasteiger partial charge in [-0.2, -0.15) is 0 Å². The van der Waals surface area contributed by atoms with E-state index in [2.05, 4.69) is 56.5 Å². The van der Waals surface area contributed by atoms with Crippen LogP contribution in [0.3, 0.4) is 0 Å². The number of benzene rings is 6. The average molecular weight is 1730 g/mol. The first kappa shape index (κ1) is 92.7. The minimum absolute atomic E-state index is 0. The Labute approximate surface area is 717 Å². The minimum atomic E-state index is -1.08. The maximum atomic E-state index is 12.9. The molecular formula is C80H87Cl7LiN9O13S3. The summed E-state index contributed by atoms with van der Waals surface area (Å²) in [6.45, 7) is 17.3. The van der Waals surface area contributed by atoms with Crippen molar-refractivity contribution in [2.24, 2.45) is 17.8 Å². The number of carbonyl (C=O) groups excluding carboxylic acids is 5. The molecule has 3 fully saturated rings. The van der Waals surface area contributed by atoms with Gasteiger partial charge in [0.1, 0.15) is 31.9 Å². The average Bonchev–Trinajstić information content (AvgIpc) is 1.69. The second-order valence-electron chi connectivity index (χ2n) is 27.2. The van der Waals surface area contributed by atoms with Crippen LogP contribution in [0.4, 0.5) is 29.8 Å². The topological polar surface area (TPSA) is 266 Å². The molecule has 2 amide bonds. The fourth-order valence-electron chi connectivity index (χ4n) is 12.0. The van der Waals surface area contributed by atoms with Crippen LogP contribution >= 0.6 is 115 Å². The van der Waals surface area contributed by atoms with Crippen molar-refractivity contribution in [3.63, 3.8) is 0 Å². The minimum Gasteiger partial charge on any atom is -0.870 e. The number of carboxylic acid groups (broad SMARTS) is 1. The molecule has 12 rings (SSSR count). The van der Waals surface area contributed by atoms with Crippen molar-refractivity contribution in [3.8, 4) is 33.8 Å². The standard InChI is InChI=1S/C27H29Cl2N3O4S.C26H27Cl2N3O4S.C19H23Cl2N3O2S.C8H7ClO2.Li.H2O/c1-17(2)13-23-24(19-9-10-20(28)21(29)14-19)30-26(37-23)31-11-12-32(22(15-31)25(33)35-3)27(34)36-16-18-7-5-4-6-8-18;1-16(2)12-22-23(18-8-9-19(27)20(28)13-18)29-25(36-22)30-10-11-31(21(14-30)24(32)33)26(34)35-15-17-6-4-3-5-7-17;1-11(2)8-16-17(12-4-5-13(20)14(21)9-12)23-19(27-16)24-7-6-22-15(10-24)18(25)26-3;9-8(10)11-6-7-4-2-1-3-5-7;;/h4-10,14,17,22H,11-13,15-16H2,1-3H3;3-9,13,16,21H,10-12,14-15H2,1-2H3,(H,32,33);4-5,9,11,15,22H,6-8,10H2,1-3H3;1-5H,6H2;;1H2/q;;;;+1;/p-1. The molecule has 113 heavy (non-hydrogen) atoms. The number of carboxylic acids is 1. The molecule has 0 bridgehead atoms. The van der Waals surface area contributed by atoms with Crippen molar-refractivity contribution >= 4 is 166 Å². The Morgan fingerprint density at radius 2 is 0.796 bits per heavy atom. The Hall–Kier alpha value is -7.42. The maximum Gasteiger partial charge on any atom is 1.00 e. The van der Waals surface area contributed by atoms with Crippen LogP contribution in [0, 0.1) is 17.8 Å². The second-order valence-corrected chi connectivity index (χ2v) is 33.2. The van der Waals surface area contributed by atoms with Crippen molar-refractivity contribution in [1.82, 2.24) is 30.1 Å². The van der Waals surface area contributed by atoms with E-state index in [4.69, 9.17) is 115 Å². The largest absolute Gasteiger partial charge is 1.00 e. The van der Waals surface area contributed by atoms with Crippen LogP contribution in [0.5, 0.6) is 0 Å². The summed E-state index contributed by atoms with van der Waals surface area (Å²) in [6.07, 6.45) is 1.41. The molecule has 0 aliphatic carbocycles. The number of amides is 2. The van der Waals surface area contributed by atoms with Crippen LogP contribution in [0.15, 0.2) is 146 Å². The number of ether oxygens (including phenoxy) is 5. The number of methoxy groups -OCH3 is 2. The van der Waals surface area contributed by atoms with Gasteiger partial charge in [0, 0.05) is 88.7 Å². The van der Waals surface area contributed by atoms with Crippen molar-refractivity contribution < 1.29 is 81.9 Å². The Kier molecular flexibility index (Phi) is 37.1. The zero-order valence-electron chi connectivity index (χ0n) is 63.8. The van der Waals surface area contributed by atoms with Gasteiger partial charge in [-0.05, 0) is 90.1 Å². The number of halogens is 7. The molecule has 0 spiro atoms. The fraction of sp³-hybridized carbons (Fsp3) is 0.362. The molecule has 0 radical (unpaired) electrons. The molecule has 3 N–H and O–H groups in total. The first-order chi connectivity index (χ1) is 53.2. The van der Waals surface area contributed by atoms with Crippen LogP contribution in [0.1, 0.15) is 72.9 Å². The summed E-state index contributed by atoms with van der Waals surface area (Å²) in [5.74, 6) is -0.490. The molecule has 6 aromatic carbocycles. The summed E-state index contributed by atoms with van der Waals surface area (Å²) in [5, 5.41) is 18.4. The van der Waals surface area contributed by atoms with Gasteiger partial charge in [-0.3, -0.25) is 14.6 Å². The second kappa shape index (κ2) is 45.2. The quantitative estimate of drug-likeness (QED) is 0.0293. The van der Waals surface area contributed by atoms with Gasteiger partial charge >= 0.3 is 54.4 Å². The number of anilines is 3. The Morgan fingerprint density at radius 1 is 0.460 bits per heavy atom. The van der Waals surface area contributed by atoms with Crippen molar-refractivity contribution in [2.75, 3.05) is 87.8 Å². The molecule has 33 heteroatoms. The molecule has 3 saturated heterocycles. The van der Waals surface area contributed by atoms with E-state index >= 15 is 0 Å². The third-order valence-corrected chi connectivity index (χ3v) is 23.2. The number of thiazole rings is 3. The molecule has 9 aromatic rings. The van der Waals surface area contributed by atoms with E-state index in [1.807, 2.05) is 131 Å². The zero-order valence-corrected chi connectivity index (χ0v) is 71.5. The van der Waals surface area contributed by atoms with Crippen molar-refractivity contribution in [3.05, 3.63) is 207 Å². The SMILES string of the molecule is CC(C)Cc1sc(N2CCN(C(=O)OCc3ccccc3)C(C(=O)O)C2)nc1-c1ccc(Cl)c(Cl)c1.COC(=O)C1CN(c2nc(-c3ccc(Cl)c(Cl)c3)c(CC(C)C)s2)CCN1.COC(=O)C1CN(c2nc(-c3ccc(Cl)c(Cl)c3)c(CC(C)C)s2)CCN1C(=O)OCc1ccccc1.O=C(Cl)OCc1ccccc1.[Li+].[OH-]. The molecule has 598 valence electrons. The van der Waals surface area contributed by atoms with Gasteiger partial charge in [0.05, 0.1) is 74.5 Å². The first-order valence-corrected chi connectivity index (χ1v) is 40.8. The number of piperazine rings is 3. The van der Waals surface area contributed by atoms with E-state index in [1.54, 1.807) is 58.3 Å². The van der Waals surface area contributed by atoms with Crippen molar-refractivity contribution in [2.45, 2.75) is 98.8 Å². The molecule has 3 unspecified atom stereocenters. The van der Waals surface area contributed by atoms with E-state index in [0.29, 0.717) is 80.6 Å². The number of nitrogens with one attached hydrogen (secondary N) is 1. The van der Waals surface area contributed by atoms with Gasteiger partial charge in [-0.25, -0.2) is 38.9 Å². The summed E-state index contributed by atoms with van der Waals surface area (Å²) in [7, 11) is 2.73. The van der Waals surface area contributed by atoms with Gasteiger partial charge in [0.25, 0.3) is 0 Å². The van der Waals surface area contributed by atoms with E-state index in [0.717, 1.165) is 101 Å². The number of aromatic nitrogens is 3. The summed E-state index contributed by atoms with van der Waals surface area (Å²) in [6, 6.07) is 42.4. The summed E-state index contributed by atoms with van der Waals surface area (Å²) >= 11 is 46.9. The third kappa shape index (κ3) is 26.8. The predicted octanol–water partition coefficient (Wildman–Crippen LogP) is 16.2. The third-order valence-electron chi connectivity index (χ3n) is 17.5. The Balaban J connectivity index is 0.000000220. The first-order valence-electron chi connectivity index (χ1n) is 35.7. The number of esters is 2. The number of carbonyl (C=O) groups is 6. The molecule has 0 saturated carbocycles. The van der Waals surface area contributed by atoms with Gasteiger partial charge in [0.15, 0.2) is 21.4 Å². The molecule has 3 aromatic heterocycles. The fourth-order valence-corrected chi connectivity index (χ4v) is 16.9.